The summed E-state index contributed by atoms with van der Waals surface area (Å²) >= 11 is 0. The van der Waals surface area contributed by atoms with Crippen molar-refractivity contribution in [3.8, 4) is 5.69 Å². The molecule has 5 amide bonds. The van der Waals surface area contributed by atoms with E-state index in [1.54, 1.807) is 6.07 Å². The molecule has 1 aromatic heterocycles. The highest BCUT2D eigenvalue weighted by atomic mass is 19.4. The monoisotopic (exact) mass is 806 g/mol. The molecule has 0 bridgehead atoms. The third-order valence-electron chi connectivity index (χ3n) is 10.8. The number of ketones is 1. The highest BCUT2D eigenvalue weighted by Gasteiger charge is 2.45. The summed E-state index contributed by atoms with van der Waals surface area (Å²) in [5.74, 6) is -2.39. The predicted molar refractivity (Wildman–Crippen MR) is 208 cm³/mol. The summed E-state index contributed by atoms with van der Waals surface area (Å²) in [5, 5.41) is 15.6. The maximum atomic E-state index is 14.0. The maximum Gasteiger partial charge on any atom is 0.435 e. The second kappa shape index (κ2) is 17.4. The van der Waals surface area contributed by atoms with Crippen LogP contribution < -0.4 is 27.0 Å². The number of nitrogens with two attached hydrogens (primary N) is 1. The van der Waals surface area contributed by atoms with Crippen LogP contribution in [0.1, 0.15) is 126 Å². The highest BCUT2D eigenvalue weighted by Crippen LogP contribution is 2.42. The fourth-order valence-electron chi connectivity index (χ4n) is 7.93. The van der Waals surface area contributed by atoms with Crippen LogP contribution in [0.5, 0.6) is 0 Å². The minimum absolute atomic E-state index is 0.0288. The lowest BCUT2D eigenvalue weighted by Crippen LogP contribution is -2.52. The zero-order valence-corrected chi connectivity index (χ0v) is 32.7. The summed E-state index contributed by atoms with van der Waals surface area (Å²) in [6.07, 6.45) is 1.13. The van der Waals surface area contributed by atoms with Crippen molar-refractivity contribution in [3.63, 3.8) is 0 Å². The van der Waals surface area contributed by atoms with Crippen LogP contribution in [0.3, 0.4) is 0 Å². The summed E-state index contributed by atoms with van der Waals surface area (Å²) < 4.78 is 43.0. The third-order valence-corrected chi connectivity index (χ3v) is 10.8. The van der Waals surface area contributed by atoms with Gasteiger partial charge in [0.25, 0.3) is 11.8 Å². The first kappa shape index (κ1) is 41.9. The van der Waals surface area contributed by atoms with Crippen molar-refractivity contribution in [2.24, 2.45) is 11.1 Å². The molecule has 14 nitrogen and oxygen atoms in total. The van der Waals surface area contributed by atoms with Crippen molar-refractivity contribution in [1.29, 1.82) is 0 Å². The smallest absolute Gasteiger partial charge is 0.385 e. The molecule has 1 atom stereocenters. The van der Waals surface area contributed by atoms with Crippen molar-refractivity contribution in [1.82, 2.24) is 25.3 Å². The van der Waals surface area contributed by atoms with E-state index in [1.807, 2.05) is 26.0 Å². The second-order valence-electron chi connectivity index (χ2n) is 15.9. The fraction of sp³-hybridized carbons (Fsp3) is 0.488. The van der Waals surface area contributed by atoms with E-state index < -0.39 is 46.5 Å². The molecule has 2 aromatic carbocycles. The van der Waals surface area contributed by atoms with Crippen molar-refractivity contribution < 1.29 is 41.9 Å². The summed E-state index contributed by atoms with van der Waals surface area (Å²) in [5.41, 5.74) is 6.48. The Morgan fingerprint density at radius 2 is 1.66 bits per heavy atom. The number of benzene rings is 2. The van der Waals surface area contributed by atoms with Gasteiger partial charge in [-0.05, 0) is 67.9 Å². The summed E-state index contributed by atoms with van der Waals surface area (Å²) in [6, 6.07) is 9.17. The average molecular weight is 807 g/mol. The van der Waals surface area contributed by atoms with Gasteiger partial charge in [-0.25, -0.2) is 4.68 Å². The molecule has 3 aliphatic rings. The number of aromatic nitrogens is 2. The number of anilines is 2. The molecule has 310 valence electrons. The van der Waals surface area contributed by atoms with Crippen LogP contribution in [0, 0.1) is 5.41 Å². The van der Waals surface area contributed by atoms with Gasteiger partial charge in [0.15, 0.2) is 11.5 Å². The van der Waals surface area contributed by atoms with Crippen LogP contribution in [0.15, 0.2) is 36.4 Å². The minimum atomic E-state index is -4.83. The molecule has 58 heavy (non-hydrogen) atoms. The zero-order chi connectivity index (χ0) is 41.8. The molecule has 1 fully saturated rings. The topological polar surface area (TPSA) is 198 Å². The molecule has 2 aliphatic heterocycles. The Morgan fingerprint density at radius 1 is 0.931 bits per heavy atom. The number of hydrogen-bond donors (Lipinski definition) is 5. The van der Waals surface area contributed by atoms with Crippen LogP contribution in [-0.4, -0.2) is 75.7 Å². The number of primary amides is 1. The van der Waals surface area contributed by atoms with E-state index in [1.165, 1.54) is 23.1 Å². The first-order valence-corrected chi connectivity index (χ1v) is 19.7. The van der Waals surface area contributed by atoms with Gasteiger partial charge < -0.3 is 26.6 Å². The number of imide groups is 1. The number of amides is 5. The zero-order valence-electron chi connectivity index (χ0n) is 32.7. The predicted octanol–water partition coefficient (Wildman–Crippen LogP) is 5.28. The Kier molecular flexibility index (Phi) is 12.6. The number of piperidine rings is 1. The molecule has 3 heterocycles. The normalized spacial score (nSPS) is 17.5. The van der Waals surface area contributed by atoms with Gasteiger partial charge in [-0.2, -0.15) is 18.3 Å². The van der Waals surface area contributed by atoms with Gasteiger partial charge in [0.2, 0.25) is 17.7 Å². The Balaban J connectivity index is 0.898. The lowest BCUT2D eigenvalue weighted by atomic mass is 9.75. The van der Waals surface area contributed by atoms with Crippen molar-refractivity contribution in [2.45, 2.75) is 103 Å². The van der Waals surface area contributed by atoms with Gasteiger partial charge in [0.1, 0.15) is 6.04 Å². The van der Waals surface area contributed by atoms with Crippen LogP contribution in [0.25, 0.3) is 5.69 Å². The number of nitrogens with one attached hydrogen (secondary N) is 4. The van der Waals surface area contributed by atoms with Crippen molar-refractivity contribution in [3.05, 3.63) is 70.0 Å². The van der Waals surface area contributed by atoms with Gasteiger partial charge in [-0.3, -0.25) is 34.1 Å². The Bertz CT molecular complexity index is 2110. The Labute approximate surface area is 333 Å². The molecule has 1 unspecified atom stereocenters. The number of Topliss-reactive ketones (excluding diaryl/α,β-unsaturated/α-hetero) is 1. The second-order valence-corrected chi connectivity index (χ2v) is 15.9. The summed E-state index contributed by atoms with van der Waals surface area (Å²) in [7, 11) is 0. The van der Waals surface area contributed by atoms with Crippen LogP contribution in [0.4, 0.5) is 24.5 Å². The molecule has 3 aromatic rings. The molecule has 6 N–H and O–H groups in total. The quantitative estimate of drug-likeness (QED) is 0.0891. The molecule has 6 rings (SSSR count). The number of rotatable bonds is 17. The van der Waals surface area contributed by atoms with Gasteiger partial charge >= 0.3 is 6.18 Å². The van der Waals surface area contributed by atoms with Gasteiger partial charge in [-0.1, -0.05) is 39.2 Å². The molecule has 0 saturated carbocycles. The first-order valence-electron chi connectivity index (χ1n) is 19.7. The van der Waals surface area contributed by atoms with E-state index in [0.717, 1.165) is 48.0 Å². The standard InChI is InChI=1S/C41H49F3N8O6/c1-40(2)21-31-35(32(53)22-40)36(41(42,43)44)50-52(31)24-13-14-26(37(45)56)29(20-24)47-18-9-19-48-33(54)12-6-4-3-5-7-17-46-28-11-8-10-25-27(28)23-51(39(25)58)30-15-16-34(55)49-38(30)57/h8,10-11,13-14,20,30,46-47H,3-7,9,12,15-19,21-23H2,1-2H3,(H2,45,56)(H,48,54)(H,49,55,57). The van der Waals surface area contributed by atoms with Gasteiger partial charge in [0, 0.05) is 67.9 Å². The Hall–Kier alpha value is -5.74. The van der Waals surface area contributed by atoms with Crippen molar-refractivity contribution >= 4 is 46.7 Å². The van der Waals surface area contributed by atoms with Crippen LogP contribution in [0.2, 0.25) is 0 Å². The fourth-order valence-corrected chi connectivity index (χ4v) is 7.93. The van der Waals surface area contributed by atoms with E-state index >= 15 is 0 Å². The largest absolute Gasteiger partial charge is 0.435 e. The summed E-state index contributed by atoms with van der Waals surface area (Å²) in [6.45, 7) is 5.33. The minimum Gasteiger partial charge on any atom is -0.385 e. The number of nitrogens with zero attached hydrogens (tertiary/aromatic N) is 3. The number of hydrogen-bond acceptors (Lipinski definition) is 9. The number of carbonyl (C=O) groups excluding carboxylic acids is 6. The van der Waals surface area contributed by atoms with E-state index in [-0.39, 0.29) is 53.9 Å². The Morgan fingerprint density at radius 3 is 2.40 bits per heavy atom. The average Bonchev–Trinajstić information content (AvgIpc) is 3.70. The number of fused-ring (bicyclic) bond motifs is 2. The number of halogens is 3. The molecule has 0 spiro atoms. The maximum absolute atomic E-state index is 14.0. The molecular weight excluding hydrogens is 757 g/mol. The van der Waals surface area contributed by atoms with E-state index in [9.17, 15) is 41.9 Å². The van der Waals surface area contributed by atoms with Crippen molar-refractivity contribution in [2.75, 3.05) is 30.3 Å². The van der Waals surface area contributed by atoms with Crippen LogP contribution >= 0.6 is 0 Å². The van der Waals surface area contributed by atoms with Crippen LogP contribution in [-0.2, 0) is 33.5 Å². The van der Waals surface area contributed by atoms with E-state index in [2.05, 4.69) is 26.4 Å². The molecule has 17 heteroatoms. The molecular formula is C41H49F3N8O6. The third kappa shape index (κ3) is 9.51. The molecule has 0 radical (unpaired) electrons. The van der Waals surface area contributed by atoms with E-state index in [0.29, 0.717) is 56.7 Å². The number of alkyl halides is 3. The van der Waals surface area contributed by atoms with E-state index in [4.69, 9.17) is 5.73 Å². The molecule has 1 aliphatic carbocycles. The first-order chi connectivity index (χ1) is 27.5. The lowest BCUT2D eigenvalue weighted by molar-refractivity contribution is -0.142. The number of carbonyl (C=O) groups is 6. The number of unbranched alkanes of at least 4 members (excludes halogenated alkanes) is 4. The molecule has 1 saturated heterocycles. The highest BCUT2D eigenvalue weighted by molar-refractivity contribution is 6.06. The van der Waals surface area contributed by atoms with Gasteiger partial charge in [0.05, 0.1) is 22.5 Å². The van der Waals surface area contributed by atoms with Gasteiger partial charge in [-0.15, -0.1) is 0 Å². The lowest BCUT2D eigenvalue weighted by Gasteiger charge is -2.29. The SMILES string of the molecule is CC1(C)CC(=O)c2c(C(F)(F)F)nn(-c3ccc(C(N)=O)c(NCCCNC(=O)CCCCCCCNc4cccc5c4CN(C4CCC(=O)NC4=O)C5=O)c3)c2C1. The summed E-state index contributed by atoms with van der Waals surface area (Å²) in [4.78, 5) is 76.0.